The van der Waals surface area contributed by atoms with Crippen LogP contribution in [0.4, 0.5) is 0 Å². The van der Waals surface area contributed by atoms with Crippen molar-refractivity contribution in [2.75, 3.05) is 0 Å². The summed E-state index contributed by atoms with van der Waals surface area (Å²) in [5, 5.41) is 2.07. The van der Waals surface area contributed by atoms with Crippen molar-refractivity contribution in [1.29, 1.82) is 0 Å². The molecule has 0 saturated heterocycles. The van der Waals surface area contributed by atoms with E-state index in [9.17, 15) is 19.2 Å². The van der Waals surface area contributed by atoms with Crippen LogP contribution in [-0.2, 0) is 40.2 Å². The molecule has 10 aromatic heterocycles. The number of hydrogen-bond acceptors (Lipinski definition) is 10. The number of fused-ring (bicyclic) bond motifs is 8. The van der Waals surface area contributed by atoms with E-state index >= 15 is 0 Å². The van der Waals surface area contributed by atoms with Gasteiger partial charge in [0.15, 0.2) is 22.2 Å². The van der Waals surface area contributed by atoms with E-state index in [1.165, 1.54) is 17.6 Å². The fourth-order valence-electron chi connectivity index (χ4n) is 16.7. The number of benzene rings is 12. The number of para-hydroxylation sites is 4. The van der Waals surface area contributed by atoms with Gasteiger partial charge in [-0.2, -0.15) is 12.1 Å². The molecule has 0 fully saturated rings. The predicted molar refractivity (Wildman–Crippen MR) is 476 cm³/mol. The summed E-state index contributed by atoms with van der Waals surface area (Å²) in [7, 11) is 0. The Labute approximate surface area is 723 Å². The third-order valence-corrected chi connectivity index (χ3v) is 22.5. The fraction of sp³-hybridized carbons (Fsp3) is 0. The molecule has 0 radical (unpaired) electrons. The number of nitrogens with zero attached hydrogens (tertiary/aromatic N) is 10. The van der Waals surface area contributed by atoms with Gasteiger partial charge in [0.1, 0.15) is 0 Å². The van der Waals surface area contributed by atoms with Gasteiger partial charge in [-0.05, 0) is 140 Å². The average Bonchev–Trinajstić information content (AvgIpc) is 0.768. The van der Waals surface area contributed by atoms with Crippen molar-refractivity contribution in [2.24, 2.45) is 0 Å². The Morgan fingerprint density at radius 2 is 0.393 bits per heavy atom. The summed E-state index contributed by atoms with van der Waals surface area (Å²) >= 11 is 0. The van der Waals surface area contributed by atoms with Crippen LogP contribution in [0.5, 0.6) is 0 Å². The smallest absolute Gasteiger partial charge is 0.389 e. The number of rotatable bonds is 13. The molecule has 12 aromatic carbocycles. The van der Waals surface area contributed by atoms with Crippen LogP contribution in [0.25, 0.3) is 211 Å². The number of hydrogen-bond donors (Lipinski definition) is 0. The molecule has 22 rings (SSSR count). The molecule has 0 spiro atoms. The molecule has 122 heavy (non-hydrogen) atoms. The fourth-order valence-corrected chi connectivity index (χ4v) is 16.7. The second kappa shape index (κ2) is 31.2. The zero-order chi connectivity index (χ0) is 80.1. The van der Waals surface area contributed by atoms with Crippen LogP contribution in [0.1, 0.15) is 0 Å². The van der Waals surface area contributed by atoms with E-state index in [4.69, 9.17) is 29.9 Å². The molecule has 22 aromatic rings. The van der Waals surface area contributed by atoms with Crippen molar-refractivity contribution in [2.45, 2.75) is 0 Å². The van der Waals surface area contributed by atoms with Crippen molar-refractivity contribution in [3.63, 3.8) is 0 Å². The molecule has 14 nitrogen and oxygen atoms in total. The largest absolute Gasteiger partial charge is 3.00 e. The minimum absolute atomic E-state index is 0. The maximum absolute atomic E-state index is 13.8. The first-order valence-corrected chi connectivity index (χ1v) is 39.1. The van der Waals surface area contributed by atoms with E-state index in [-0.39, 0.29) is 62.4 Å². The zero-order valence-corrected chi connectivity index (χ0v) is 69.0. The van der Waals surface area contributed by atoms with E-state index in [0.717, 1.165) is 134 Å². The van der Waals surface area contributed by atoms with Gasteiger partial charge in [0.25, 0.3) is 0 Å². The van der Waals surface area contributed by atoms with Crippen LogP contribution in [-0.4, -0.2) is 47.5 Å². The van der Waals surface area contributed by atoms with Gasteiger partial charge in [-0.1, -0.05) is 334 Å². The van der Waals surface area contributed by atoms with E-state index in [0.29, 0.717) is 77.6 Å². The van der Waals surface area contributed by atoms with Crippen LogP contribution in [0.15, 0.2) is 371 Å². The van der Waals surface area contributed by atoms with Crippen molar-refractivity contribution in [1.82, 2.24) is 47.5 Å². The van der Waals surface area contributed by atoms with E-state index in [2.05, 4.69) is 146 Å². The summed E-state index contributed by atoms with van der Waals surface area (Å²) in [6.07, 6.45) is 16.8. The Morgan fingerprint density at radius 1 is 0.205 bits per heavy atom. The van der Waals surface area contributed by atoms with E-state index < -0.39 is 0 Å². The molecule has 0 N–H and O–H groups in total. The third-order valence-electron chi connectivity index (χ3n) is 22.5. The number of aromatic nitrogens is 10. The molecule has 0 aliphatic carbocycles. The third kappa shape index (κ3) is 13.3. The van der Waals surface area contributed by atoms with Gasteiger partial charge in [-0.3, -0.25) is 19.9 Å². The zero-order valence-electron chi connectivity index (χ0n) is 64.3. The molecule has 16 heteroatoms. The Morgan fingerprint density at radius 3 is 0.598 bits per heavy atom. The van der Waals surface area contributed by atoms with E-state index in [1.54, 1.807) is 24.3 Å². The monoisotopic (exact) mass is 1920 g/mol. The molecule has 0 aliphatic heterocycles. The summed E-state index contributed by atoms with van der Waals surface area (Å²) in [6, 6.07) is 119. The normalized spacial score (nSPS) is 11.4. The second-order valence-corrected chi connectivity index (χ2v) is 29.6. The maximum atomic E-state index is 13.8. The maximum Gasteiger partial charge on any atom is 3.00 e. The van der Waals surface area contributed by atoms with Gasteiger partial charge < -0.3 is 46.7 Å². The van der Waals surface area contributed by atoms with Crippen LogP contribution < -0.4 is 22.2 Å². The van der Waals surface area contributed by atoms with Gasteiger partial charge in [-0.15, -0.1) is 35.7 Å². The SMILES string of the molecule is O=c1c2ccccc2nc2cc(-c3ccccc3-c3cc(-c4ccccc4-c4c[c-]c(-c5[c-]cc(-c6ccccc6-c6cc(-c7ccccc7-c7c[c-]n8c(=O)c9ccccc9nc8c7)cc(-c7ccccc7-c7c[c-]n8c(=O)c9ccccc9nc8c7)c6)cn5)nc4)cc(-c4ccccc4-c4c[c-]n5c(=O)c6ccccc6nc5c4)c3)c[c-]n12.[Ir+3].[Ir+3]. The topological polar surface area (TPSA) is 163 Å². The quantitative estimate of drug-likeness (QED) is 0.0802. The molecule has 0 amide bonds. The summed E-state index contributed by atoms with van der Waals surface area (Å²) in [4.78, 5) is 85.2. The molecule has 0 unspecified atom stereocenters. The Hall–Kier alpha value is -15.3. The minimum Gasteiger partial charge on any atom is -0.389 e. The van der Waals surface area contributed by atoms with Crippen LogP contribution in [0, 0.1) is 36.9 Å². The molecule has 0 aliphatic rings. The van der Waals surface area contributed by atoms with Gasteiger partial charge >= 0.3 is 40.2 Å². The molecule has 574 valence electrons. The van der Waals surface area contributed by atoms with Crippen LogP contribution in [0.2, 0.25) is 0 Å². The first-order chi connectivity index (χ1) is 59.1. The summed E-state index contributed by atoms with van der Waals surface area (Å²) in [5.41, 5.74) is 26.4. The van der Waals surface area contributed by atoms with Gasteiger partial charge in [-0.25, -0.2) is 12.1 Å². The number of pyridine rings is 6. The van der Waals surface area contributed by atoms with Gasteiger partial charge in [0.2, 0.25) is 0 Å². The second-order valence-electron chi connectivity index (χ2n) is 29.6. The summed E-state index contributed by atoms with van der Waals surface area (Å²) in [6.45, 7) is 0. The molecular weight excluding hydrogens is 1860 g/mol. The van der Waals surface area contributed by atoms with E-state index in [1.807, 2.05) is 219 Å². The van der Waals surface area contributed by atoms with Crippen molar-refractivity contribution in [3.05, 3.63) is 430 Å². The molecular formula is C106H58Ir2N10O4. The first kappa shape index (κ1) is 75.5. The summed E-state index contributed by atoms with van der Waals surface area (Å²) < 4.78 is 5.90. The van der Waals surface area contributed by atoms with Gasteiger partial charge in [0.05, 0.1) is 22.1 Å². The summed E-state index contributed by atoms with van der Waals surface area (Å²) in [5.74, 6) is 0. The van der Waals surface area contributed by atoms with Crippen molar-refractivity contribution in [3.8, 4) is 145 Å². The van der Waals surface area contributed by atoms with Crippen LogP contribution in [0.3, 0.4) is 0 Å². The van der Waals surface area contributed by atoms with Crippen LogP contribution >= 0.6 is 0 Å². The predicted octanol–water partition coefficient (Wildman–Crippen LogP) is 21.6. The molecule has 0 saturated carbocycles. The average molecular weight is 1920 g/mol. The Kier molecular flexibility index (Phi) is 19.3. The Balaban J connectivity index is 0.00000473. The molecule has 0 atom stereocenters. The first-order valence-electron chi connectivity index (χ1n) is 39.1. The van der Waals surface area contributed by atoms with Gasteiger partial charge in [0, 0.05) is 44.1 Å². The molecule has 10 heterocycles. The minimum atomic E-state index is -0.190. The van der Waals surface area contributed by atoms with Crippen molar-refractivity contribution >= 4 is 66.2 Å². The standard InChI is InChI=1S/C106H58N10O4.2Ir/c117-103-89-33-13-17-37-93(89)109-99-59-65(45-49-113(99)103)77-21-1-7-27-83(77)71-53-72(84-28-8-2-22-78(84)66-46-50-114-100(60-66)110-94-38-18-14-34-90(94)104(114)118)56-75(55-71)87-31-11-5-25-81(87)69-41-43-97(107-63-69)98-44-42-70(64-108-98)82-26-6-12-32-88(82)76-57-73(85-29-9-3-23-79(85)67-47-51-115-101(61-67)111-95-39-19-15-35-91(95)105(115)119)54-74(58-76)86-30-10-4-24-80(86)68-48-52-116-102(62-68)112-96-40-20-16-36-92(96)106(116)120;;/h1-42,45-48,53-64H;;/q-6;2*+3. The van der Waals surface area contributed by atoms with Crippen molar-refractivity contribution < 1.29 is 40.2 Å². The molecule has 0 bridgehead atoms. The Bertz CT molecular complexity index is 7440.